The van der Waals surface area contributed by atoms with Gasteiger partial charge in [-0.3, -0.25) is 0 Å². The van der Waals surface area contributed by atoms with Crippen molar-refractivity contribution in [1.29, 1.82) is 0 Å². The van der Waals surface area contributed by atoms with Crippen LogP contribution in [0.3, 0.4) is 0 Å². The maximum atomic E-state index is 12.8. The number of carboxylic acid groups (broad SMARTS) is 1. The summed E-state index contributed by atoms with van der Waals surface area (Å²) >= 11 is 3.28. The number of fused-ring (bicyclic) bond motifs is 3. The Kier molecular flexibility index (Phi) is 5.81. The first-order chi connectivity index (χ1) is 16.0. The first-order valence-electron chi connectivity index (χ1n) is 10.8. The van der Waals surface area contributed by atoms with Gasteiger partial charge in [-0.2, -0.15) is 0 Å². The van der Waals surface area contributed by atoms with Gasteiger partial charge < -0.3 is 19.5 Å². The number of amides is 1. The van der Waals surface area contributed by atoms with Crippen LogP contribution in [0.15, 0.2) is 71.2 Å². The van der Waals surface area contributed by atoms with E-state index in [0.717, 1.165) is 0 Å². The van der Waals surface area contributed by atoms with Crippen molar-refractivity contribution in [2.24, 2.45) is 0 Å². The summed E-state index contributed by atoms with van der Waals surface area (Å²) in [6.07, 6.45) is -0.0544. The Morgan fingerprint density at radius 1 is 1.00 bits per heavy atom. The molecule has 1 aliphatic heterocycles. The van der Waals surface area contributed by atoms with Crippen molar-refractivity contribution in [3.63, 3.8) is 0 Å². The molecule has 1 aliphatic carbocycles. The first-order valence-corrected chi connectivity index (χ1v) is 11.6. The molecule has 7 heteroatoms. The number of rotatable bonds is 5. The fourth-order valence-corrected chi connectivity index (χ4v) is 4.99. The molecule has 5 rings (SSSR count). The fraction of sp³-hybridized carbons (Fsp3) is 0.231. The number of benzene rings is 3. The fourth-order valence-electron chi connectivity index (χ4n) is 4.63. The molecule has 2 aliphatic rings. The highest BCUT2D eigenvalue weighted by Crippen LogP contribution is 2.44. The lowest BCUT2D eigenvalue weighted by molar-refractivity contribution is 0.0687. The third-order valence-electron chi connectivity index (χ3n) is 6.20. The summed E-state index contributed by atoms with van der Waals surface area (Å²) in [5.74, 6) is -0.750. The number of halogens is 1. The summed E-state index contributed by atoms with van der Waals surface area (Å²) in [5, 5.41) is 9.43. The molecule has 0 spiro atoms. The predicted octanol–water partition coefficient (Wildman–Crippen LogP) is 5.55. The molecule has 33 heavy (non-hydrogen) atoms. The molecule has 0 bridgehead atoms. The maximum Gasteiger partial charge on any atom is 0.409 e. The van der Waals surface area contributed by atoms with Gasteiger partial charge in [0.1, 0.15) is 24.0 Å². The third-order valence-corrected chi connectivity index (χ3v) is 6.70. The van der Waals surface area contributed by atoms with Crippen molar-refractivity contribution in [2.45, 2.75) is 18.4 Å². The summed E-state index contributed by atoms with van der Waals surface area (Å²) in [7, 11) is 0. The standard InChI is InChI=1S/C26H22BrNO5/c27-16-9-10-24(22(13-16)25(29)30)33-17-11-12-28(14-17)26(31)32-15-23-20-7-3-1-5-18(20)19-6-2-4-8-21(19)23/h1-10,13,17,23H,11-12,14-15H2,(H,29,30). The van der Waals surface area contributed by atoms with Gasteiger partial charge in [-0.05, 0) is 40.5 Å². The Balaban J connectivity index is 1.22. The number of hydrogen-bond acceptors (Lipinski definition) is 4. The highest BCUT2D eigenvalue weighted by Gasteiger charge is 2.32. The quantitative estimate of drug-likeness (QED) is 0.489. The zero-order chi connectivity index (χ0) is 22.9. The first kappa shape index (κ1) is 21.5. The van der Waals surface area contributed by atoms with Crippen LogP contribution in [0.2, 0.25) is 0 Å². The van der Waals surface area contributed by atoms with Gasteiger partial charge in [0.15, 0.2) is 0 Å². The highest BCUT2D eigenvalue weighted by molar-refractivity contribution is 9.10. The number of nitrogens with zero attached hydrogens (tertiary/aromatic N) is 1. The third kappa shape index (κ3) is 4.20. The lowest BCUT2D eigenvalue weighted by Crippen LogP contribution is -2.32. The van der Waals surface area contributed by atoms with E-state index in [4.69, 9.17) is 9.47 Å². The number of ether oxygens (including phenoxy) is 2. The van der Waals surface area contributed by atoms with Crippen LogP contribution in [0.4, 0.5) is 4.79 Å². The average Bonchev–Trinajstić information content (AvgIpc) is 3.41. The second-order valence-electron chi connectivity index (χ2n) is 8.22. The second-order valence-corrected chi connectivity index (χ2v) is 9.14. The SMILES string of the molecule is O=C(O)c1cc(Br)ccc1OC1CCN(C(=O)OCC2c3ccccc3-c3ccccc32)C1. The Hall–Kier alpha value is -3.32. The van der Waals surface area contributed by atoms with E-state index in [1.54, 1.807) is 17.0 Å². The van der Waals surface area contributed by atoms with E-state index in [2.05, 4.69) is 40.2 Å². The largest absolute Gasteiger partial charge is 0.488 e. The molecule has 6 nitrogen and oxygen atoms in total. The molecule has 3 aromatic rings. The minimum absolute atomic E-state index is 0.0110. The average molecular weight is 508 g/mol. The minimum atomic E-state index is -1.06. The molecular formula is C26H22BrNO5. The molecule has 0 radical (unpaired) electrons. The number of carbonyl (C=O) groups is 2. The molecule has 3 aromatic carbocycles. The van der Waals surface area contributed by atoms with Gasteiger partial charge in [0, 0.05) is 23.4 Å². The van der Waals surface area contributed by atoms with E-state index < -0.39 is 5.97 Å². The Bertz CT molecular complexity index is 1180. The zero-order valence-electron chi connectivity index (χ0n) is 17.7. The molecular weight excluding hydrogens is 486 g/mol. The van der Waals surface area contributed by atoms with Crippen molar-refractivity contribution in [3.8, 4) is 16.9 Å². The molecule has 168 valence electrons. The van der Waals surface area contributed by atoms with Crippen molar-refractivity contribution in [2.75, 3.05) is 19.7 Å². The second kappa shape index (κ2) is 8.90. The lowest BCUT2D eigenvalue weighted by atomic mass is 9.98. The summed E-state index contributed by atoms with van der Waals surface area (Å²) < 4.78 is 12.3. The number of carbonyl (C=O) groups excluding carboxylic acids is 1. The molecule has 0 aromatic heterocycles. The van der Waals surface area contributed by atoms with E-state index in [9.17, 15) is 14.7 Å². The van der Waals surface area contributed by atoms with Gasteiger partial charge in [-0.15, -0.1) is 0 Å². The van der Waals surface area contributed by atoms with E-state index in [1.165, 1.54) is 28.3 Å². The molecule has 1 saturated heterocycles. The van der Waals surface area contributed by atoms with Crippen molar-refractivity contribution in [3.05, 3.63) is 87.9 Å². The topological polar surface area (TPSA) is 76.1 Å². The Morgan fingerprint density at radius 2 is 1.67 bits per heavy atom. The van der Waals surface area contributed by atoms with Crippen molar-refractivity contribution >= 4 is 28.0 Å². The van der Waals surface area contributed by atoms with Gasteiger partial charge >= 0.3 is 12.1 Å². The van der Waals surface area contributed by atoms with E-state index in [1.807, 2.05) is 24.3 Å². The predicted molar refractivity (Wildman–Crippen MR) is 127 cm³/mol. The molecule has 1 fully saturated rings. The molecule has 1 heterocycles. The summed E-state index contributed by atoms with van der Waals surface area (Å²) in [5.41, 5.74) is 4.81. The van der Waals surface area contributed by atoms with Crippen LogP contribution < -0.4 is 4.74 Å². The van der Waals surface area contributed by atoms with Gasteiger partial charge in [-0.25, -0.2) is 9.59 Å². The van der Waals surface area contributed by atoms with E-state index in [0.29, 0.717) is 29.7 Å². The van der Waals surface area contributed by atoms with Crippen LogP contribution >= 0.6 is 15.9 Å². The molecule has 1 atom stereocenters. The highest BCUT2D eigenvalue weighted by atomic mass is 79.9. The molecule has 0 saturated carbocycles. The van der Waals surface area contributed by atoms with Gasteiger partial charge in [0.05, 0.1) is 6.54 Å². The number of carboxylic acids is 1. The normalized spacial score (nSPS) is 16.9. The van der Waals surface area contributed by atoms with Gasteiger partial charge in [0.25, 0.3) is 0 Å². The number of aromatic carboxylic acids is 1. The van der Waals surface area contributed by atoms with E-state index >= 15 is 0 Å². The van der Waals surface area contributed by atoms with E-state index in [-0.39, 0.29) is 30.3 Å². The van der Waals surface area contributed by atoms with Crippen molar-refractivity contribution in [1.82, 2.24) is 4.90 Å². The molecule has 1 unspecified atom stereocenters. The van der Waals surface area contributed by atoms with Gasteiger partial charge in [-0.1, -0.05) is 64.5 Å². The number of likely N-dealkylation sites (tertiary alicyclic amines) is 1. The van der Waals surface area contributed by atoms with Crippen molar-refractivity contribution < 1.29 is 24.2 Å². The maximum absolute atomic E-state index is 12.8. The smallest absolute Gasteiger partial charge is 0.409 e. The zero-order valence-corrected chi connectivity index (χ0v) is 19.3. The molecule has 1 amide bonds. The Morgan fingerprint density at radius 3 is 2.33 bits per heavy atom. The monoisotopic (exact) mass is 507 g/mol. The minimum Gasteiger partial charge on any atom is -0.488 e. The number of hydrogen-bond donors (Lipinski definition) is 1. The summed E-state index contributed by atoms with van der Waals surface area (Å²) in [4.78, 5) is 25.9. The van der Waals surface area contributed by atoms with Crippen LogP contribution in [0, 0.1) is 0 Å². The Labute approximate surface area is 199 Å². The van der Waals surface area contributed by atoms with Gasteiger partial charge in [0.2, 0.25) is 0 Å². The van der Waals surface area contributed by atoms with Crippen LogP contribution in [-0.4, -0.2) is 47.9 Å². The van der Waals surface area contributed by atoms with Crippen LogP contribution in [0.25, 0.3) is 11.1 Å². The van der Waals surface area contributed by atoms with Crippen LogP contribution in [0.1, 0.15) is 33.8 Å². The summed E-state index contributed by atoms with van der Waals surface area (Å²) in [6, 6.07) is 21.3. The van der Waals surface area contributed by atoms with Crippen LogP contribution in [0.5, 0.6) is 5.75 Å². The lowest BCUT2D eigenvalue weighted by Gasteiger charge is -2.20. The molecule has 1 N–H and O–H groups in total. The summed E-state index contributed by atoms with van der Waals surface area (Å²) in [6.45, 7) is 1.12. The van der Waals surface area contributed by atoms with Crippen LogP contribution in [-0.2, 0) is 4.74 Å².